The molecule has 0 nitrogen and oxygen atoms in total. The van der Waals surface area contributed by atoms with Gasteiger partial charge >= 0.3 is 0 Å². The average molecular weight is 961 g/mol. The molecule has 1 atom stereocenters. The van der Waals surface area contributed by atoms with Crippen molar-refractivity contribution in [3.8, 4) is 66.8 Å². The average Bonchev–Trinajstić information content (AvgIpc) is 4.30. The molecule has 3 aliphatic rings. The summed E-state index contributed by atoms with van der Waals surface area (Å²) in [6.07, 6.45) is 1.91. The number of rotatable bonds is 8. The van der Waals surface area contributed by atoms with Crippen LogP contribution in [0.2, 0.25) is 0 Å². The van der Waals surface area contributed by atoms with E-state index in [2.05, 4.69) is 263 Å². The van der Waals surface area contributed by atoms with E-state index < -0.39 is 5.41 Å². The molecule has 0 bridgehead atoms. The van der Waals surface area contributed by atoms with Gasteiger partial charge in [-0.3, -0.25) is 0 Å². The minimum Gasteiger partial charge on any atom is -0.135 e. The van der Waals surface area contributed by atoms with Gasteiger partial charge in [-0.15, -0.1) is 11.3 Å². The second-order valence-corrected chi connectivity index (χ2v) is 22.5. The molecule has 0 saturated carbocycles. The summed E-state index contributed by atoms with van der Waals surface area (Å²) in [5.74, 6) is 0.117. The Morgan fingerprint density at radius 3 is 1.65 bits per heavy atom. The van der Waals surface area contributed by atoms with E-state index in [1.807, 2.05) is 11.3 Å². The lowest BCUT2D eigenvalue weighted by Gasteiger charge is -2.30. The Kier molecular flexibility index (Phi) is 9.69. The van der Waals surface area contributed by atoms with Crippen molar-refractivity contribution in [2.45, 2.75) is 43.4 Å². The van der Waals surface area contributed by atoms with Crippen molar-refractivity contribution in [2.24, 2.45) is 0 Å². The SMILES string of the molecule is CC1(C)c2ccccc2-c2ccc(CCC(c3ccc(-c4ccccc4)cc3)c3cc(-c4ccc5sc6ccccc6c5c4)cc(-c4cccc5c4-c4ccccc4C54c5ccccc5-c5ccccc54)c3)cc21. The van der Waals surface area contributed by atoms with Crippen molar-refractivity contribution in [1.29, 1.82) is 0 Å². The van der Waals surface area contributed by atoms with Gasteiger partial charge in [0.15, 0.2) is 0 Å². The number of thiophene rings is 1. The van der Waals surface area contributed by atoms with Crippen molar-refractivity contribution in [3.05, 3.63) is 299 Å². The first kappa shape index (κ1) is 43.2. The van der Waals surface area contributed by atoms with E-state index in [4.69, 9.17) is 0 Å². The highest BCUT2D eigenvalue weighted by Gasteiger charge is 2.52. The van der Waals surface area contributed by atoms with Gasteiger partial charge < -0.3 is 0 Å². The van der Waals surface area contributed by atoms with Crippen LogP contribution in [0.4, 0.5) is 0 Å². The first-order chi connectivity index (χ1) is 36.4. The van der Waals surface area contributed by atoms with Crippen molar-refractivity contribution in [1.82, 2.24) is 0 Å². The lowest BCUT2D eigenvalue weighted by Crippen LogP contribution is -2.25. The van der Waals surface area contributed by atoms with Crippen LogP contribution < -0.4 is 0 Å². The summed E-state index contributed by atoms with van der Waals surface area (Å²) in [5.41, 5.74) is 27.4. The normalized spacial score (nSPS) is 14.4. The molecule has 0 aliphatic heterocycles. The Morgan fingerprint density at radius 1 is 0.338 bits per heavy atom. The lowest BCUT2D eigenvalue weighted by atomic mass is 9.70. The van der Waals surface area contributed by atoms with Crippen LogP contribution in [0.1, 0.15) is 76.3 Å². The molecule has 1 unspecified atom stereocenters. The predicted molar refractivity (Wildman–Crippen MR) is 313 cm³/mol. The van der Waals surface area contributed by atoms with Gasteiger partial charge in [0.05, 0.1) is 5.41 Å². The van der Waals surface area contributed by atoms with E-state index in [0.29, 0.717) is 0 Å². The van der Waals surface area contributed by atoms with E-state index in [-0.39, 0.29) is 11.3 Å². The molecular formula is C73H52S. The zero-order chi connectivity index (χ0) is 49.1. The summed E-state index contributed by atoms with van der Waals surface area (Å²) in [6.45, 7) is 4.79. The zero-order valence-corrected chi connectivity index (χ0v) is 42.4. The topological polar surface area (TPSA) is 0 Å². The van der Waals surface area contributed by atoms with Crippen molar-refractivity contribution in [2.75, 3.05) is 0 Å². The molecule has 1 heteroatoms. The van der Waals surface area contributed by atoms with Gasteiger partial charge in [0.2, 0.25) is 0 Å². The van der Waals surface area contributed by atoms with E-state index in [1.54, 1.807) is 0 Å². The van der Waals surface area contributed by atoms with E-state index in [0.717, 1.165) is 12.8 Å². The molecule has 350 valence electrons. The number of benzene rings is 11. The monoisotopic (exact) mass is 960 g/mol. The van der Waals surface area contributed by atoms with Crippen LogP contribution in [0.5, 0.6) is 0 Å². The van der Waals surface area contributed by atoms with Crippen LogP contribution in [-0.4, -0.2) is 0 Å². The molecule has 0 saturated heterocycles. The van der Waals surface area contributed by atoms with Crippen LogP contribution >= 0.6 is 11.3 Å². The maximum absolute atomic E-state index is 2.56. The third-order valence-corrected chi connectivity index (χ3v) is 18.3. The molecule has 1 aromatic heterocycles. The van der Waals surface area contributed by atoms with E-state index in [1.165, 1.54) is 137 Å². The van der Waals surface area contributed by atoms with Gasteiger partial charge in [-0.25, -0.2) is 0 Å². The van der Waals surface area contributed by atoms with E-state index in [9.17, 15) is 0 Å². The fraction of sp³-hybridized carbons (Fsp3) is 0.0959. The Balaban J connectivity index is 0.938. The maximum Gasteiger partial charge on any atom is 0.0725 e. The predicted octanol–water partition coefficient (Wildman–Crippen LogP) is 19.5. The summed E-state index contributed by atoms with van der Waals surface area (Å²) >= 11 is 1.88. The molecule has 74 heavy (non-hydrogen) atoms. The first-order valence-electron chi connectivity index (χ1n) is 26.3. The van der Waals surface area contributed by atoms with E-state index >= 15 is 0 Å². The maximum atomic E-state index is 2.56. The number of hydrogen-bond acceptors (Lipinski definition) is 1. The molecule has 11 aromatic carbocycles. The summed E-state index contributed by atoms with van der Waals surface area (Å²) in [7, 11) is 0. The summed E-state index contributed by atoms with van der Waals surface area (Å²) in [5, 5.41) is 2.64. The first-order valence-corrected chi connectivity index (χ1v) is 27.1. The second kappa shape index (κ2) is 16.6. The lowest BCUT2D eigenvalue weighted by molar-refractivity contribution is 0.657. The highest BCUT2D eigenvalue weighted by atomic mass is 32.1. The number of aryl methyl sites for hydroxylation is 1. The Labute approximate surface area is 437 Å². The summed E-state index contributed by atoms with van der Waals surface area (Å²) < 4.78 is 2.65. The summed E-state index contributed by atoms with van der Waals surface area (Å²) in [6, 6.07) is 94.9. The standard InChI is InChI=1S/C73H52S/c1-72(2)63-25-11-6-19-56(63)59-39-32-46(41-68(59)72)31-38-54(49-35-33-48(34-36-49)47-17-4-3-5-18-47)52-42-51(50-37-40-70-62(45-50)60-22-10-15-30-69(60)74-70)43-53(44-52)55-24-16-29-67-71(55)61-23-9-14-28-66(61)73(67)64-26-12-7-20-57(64)58-21-8-13-27-65(58)73/h3-30,32-37,39-45,54H,31,38H2,1-2H3. The van der Waals surface area contributed by atoms with Gasteiger partial charge in [0, 0.05) is 31.5 Å². The molecule has 1 spiro atoms. The molecule has 1 heterocycles. The number of fused-ring (bicyclic) bond motifs is 16. The highest BCUT2D eigenvalue weighted by molar-refractivity contribution is 7.25. The summed E-state index contributed by atoms with van der Waals surface area (Å²) in [4.78, 5) is 0. The third kappa shape index (κ3) is 6.39. The number of hydrogen-bond donors (Lipinski definition) is 0. The Hall–Kier alpha value is -8.36. The molecule has 12 aromatic rings. The van der Waals surface area contributed by atoms with Gasteiger partial charge in [0.25, 0.3) is 0 Å². The minimum absolute atomic E-state index is 0.0531. The smallest absolute Gasteiger partial charge is 0.0725 e. The van der Waals surface area contributed by atoms with Crippen molar-refractivity contribution < 1.29 is 0 Å². The Morgan fingerprint density at radius 2 is 0.892 bits per heavy atom. The van der Waals surface area contributed by atoms with Crippen LogP contribution in [0, 0.1) is 0 Å². The molecule has 0 N–H and O–H groups in total. The van der Waals surface area contributed by atoms with Crippen molar-refractivity contribution in [3.63, 3.8) is 0 Å². The van der Waals surface area contributed by atoms with Crippen LogP contribution in [-0.2, 0) is 17.3 Å². The zero-order valence-electron chi connectivity index (χ0n) is 41.6. The van der Waals surface area contributed by atoms with Crippen molar-refractivity contribution >= 4 is 31.5 Å². The van der Waals surface area contributed by atoms with Gasteiger partial charge in [-0.1, -0.05) is 238 Å². The molecule has 3 aliphatic carbocycles. The highest BCUT2D eigenvalue weighted by Crippen LogP contribution is 2.64. The quantitative estimate of drug-likeness (QED) is 0.142. The molecular weight excluding hydrogens is 909 g/mol. The Bertz CT molecular complexity index is 4180. The minimum atomic E-state index is -0.421. The largest absolute Gasteiger partial charge is 0.135 e. The molecule has 0 radical (unpaired) electrons. The fourth-order valence-corrected chi connectivity index (χ4v) is 14.8. The van der Waals surface area contributed by atoms with Gasteiger partial charge in [0.1, 0.15) is 0 Å². The van der Waals surface area contributed by atoms with Gasteiger partial charge in [-0.2, -0.15) is 0 Å². The van der Waals surface area contributed by atoms with Crippen LogP contribution in [0.25, 0.3) is 86.9 Å². The third-order valence-electron chi connectivity index (χ3n) is 17.2. The van der Waals surface area contributed by atoms with Gasteiger partial charge in [-0.05, 0) is 154 Å². The molecule has 15 rings (SSSR count). The second-order valence-electron chi connectivity index (χ2n) is 21.4. The fourth-order valence-electron chi connectivity index (χ4n) is 13.7. The molecule has 0 amide bonds. The van der Waals surface area contributed by atoms with Crippen LogP contribution in [0.15, 0.2) is 249 Å². The molecule has 0 fully saturated rings. The van der Waals surface area contributed by atoms with Crippen LogP contribution in [0.3, 0.4) is 0 Å².